The molecule has 12 heteroatoms. The number of hydrogen-bond donors (Lipinski definition) is 2. The first-order valence-corrected chi connectivity index (χ1v) is 13.1. The normalized spacial score (nSPS) is 12.5. The van der Waals surface area contributed by atoms with E-state index < -0.39 is 24.1 Å². The Bertz CT molecular complexity index is 1730. The zero-order chi connectivity index (χ0) is 29.1. The van der Waals surface area contributed by atoms with E-state index in [1.807, 2.05) is 48.5 Å². The molecule has 0 aliphatic heterocycles. The monoisotopic (exact) mass is 562 g/mol. The number of aromatic nitrogens is 6. The van der Waals surface area contributed by atoms with Crippen LogP contribution in [-0.2, 0) is 0 Å². The smallest absolute Gasteiger partial charge is 0.253 e. The maximum Gasteiger partial charge on any atom is 0.253 e. The minimum atomic E-state index is -0.987. The second kappa shape index (κ2) is 11.4. The largest absolute Gasteiger partial charge is 0.497 e. The van der Waals surface area contributed by atoms with E-state index in [4.69, 9.17) is 9.47 Å². The van der Waals surface area contributed by atoms with Crippen molar-refractivity contribution in [3.05, 3.63) is 108 Å². The molecule has 6 aromatic rings. The van der Waals surface area contributed by atoms with Crippen molar-refractivity contribution in [2.45, 2.75) is 12.3 Å². The summed E-state index contributed by atoms with van der Waals surface area (Å²) in [4.78, 5) is 27.3. The van der Waals surface area contributed by atoms with Gasteiger partial charge in [0.25, 0.3) is 11.8 Å². The van der Waals surface area contributed by atoms with Crippen LogP contribution in [0.15, 0.2) is 97.1 Å². The number of methoxy groups -OCH3 is 2. The number of carbonyl (C=O) groups excluding carboxylic acids is 2. The first-order chi connectivity index (χ1) is 20.6. The molecule has 0 fully saturated rings. The van der Waals surface area contributed by atoms with Gasteiger partial charge in [0.05, 0.1) is 25.3 Å². The Morgan fingerprint density at radius 3 is 1.36 bits per heavy atom. The van der Waals surface area contributed by atoms with Gasteiger partial charge in [0.2, 0.25) is 0 Å². The molecule has 0 aliphatic carbocycles. The van der Waals surface area contributed by atoms with Crippen LogP contribution in [0.5, 0.6) is 11.5 Å². The van der Waals surface area contributed by atoms with Crippen LogP contribution in [0.4, 0.5) is 0 Å². The molecule has 0 saturated heterocycles. The number of fused-ring (bicyclic) bond motifs is 2. The van der Waals surface area contributed by atoms with E-state index >= 15 is 0 Å². The van der Waals surface area contributed by atoms with Gasteiger partial charge in [-0.05, 0) is 72.8 Å². The van der Waals surface area contributed by atoms with Gasteiger partial charge in [0.1, 0.15) is 22.5 Å². The average molecular weight is 563 g/mol. The van der Waals surface area contributed by atoms with Gasteiger partial charge in [-0.25, -0.2) is 9.36 Å². The Labute approximate surface area is 239 Å². The summed E-state index contributed by atoms with van der Waals surface area (Å²) in [5.41, 5.74) is 3.29. The summed E-state index contributed by atoms with van der Waals surface area (Å²) in [5, 5.41) is 23.5. The number of para-hydroxylation sites is 2. The van der Waals surface area contributed by atoms with Gasteiger partial charge >= 0.3 is 0 Å². The molecule has 2 N–H and O–H groups in total. The highest BCUT2D eigenvalue weighted by molar-refractivity contribution is 5.95. The molecule has 42 heavy (non-hydrogen) atoms. The SMILES string of the molecule is COc1ccc(C(=O)NC(C(NC(=O)c2ccc(OC)cc2)n2nnc3ccccc32)n2nnc3ccccc32)cc1. The lowest BCUT2D eigenvalue weighted by Crippen LogP contribution is -2.46. The molecule has 2 atom stereocenters. The van der Waals surface area contributed by atoms with Crippen molar-refractivity contribution in [1.82, 2.24) is 40.6 Å². The van der Waals surface area contributed by atoms with E-state index in [1.165, 1.54) is 0 Å². The lowest BCUT2D eigenvalue weighted by molar-refractivity contribution is 0.0798. The van der Waals surface area contributed by atoms with Crippen LogP contribution in [0.2, 0.25) is 0 Å². The highest BCUT2D eigenvalue weighted by atomic mass is 16.5. The lowest BCUT2D eigenvalue weighted by atomic mass is 10.1. The summed E-state index contributed by atoms with van der Waals surface area (Å²) >= 11 is 0. The molecule has 0 saturated carbocycles. The molecular formula is C30H26N8O4. The Morgan fingerprint density at radius 1 is 0.595 bits per heavy atom. The van der Waals surface area contributed by atoms with E-state index in [2.05, 4.69) is 31.3 Å². The van der Waals surface area contributed by atoms with E-state index in [9.17, 15) is 9.59 Å². The zero-order valence-electron chi connectivity index (χ0n) is 22.7. The predicted molar refractivity (Wildman–Crippen MR) is 154 cm³/mol. The van der Waals surface area contributed by atoms with Crippen molar-refractivity contribution in [2.75, 3.05) is 14.2 Å². The average Bonchev–Trinajstić information content (AvgIpc) is 3.67. The number of amides is 2. The zero-order valence-corrected chi connectivity index (χ0v) is 22.7. The van der Waals surface area contributed by atoms with Crippen LogP contribution >= 0.6 is 0 Å². The fourth-order valence-electron chi connectivity index (χ4n) is 4.65. The minimum absolute atomic E-state index is 0.383. The van der Waals surface area contributed by atoms with Gasteiger partial charge in [0, 0.05) is 11.1 Å². The molecule has 6 rings (SSSR count). The molecule has 0 aliphatic rings. The van der Waals surface area contributed by atoms with E-state index in [-0.39, 0.29) is 0 Å². The molecule has 2 heterocycles. The second-order valence-corrected chi connectivity index (χ2v) is 9.34. The maximum atomic E-state index is 13.7. The molecule has 2 unspecified atom stereocenters. The van der Waals surface area contributed by atoms with Crippen LogP contribution in [0.3, 0.4) is 0 Å². The molecule has 0 spiro atoms. The molecule has 0 bridgehead atoms. The van der Waals surface area contributed by atoms with Gasteiger partial charge in [-0.1, -0.05) is 34.7 Å². The molecule has 12 nitrogen and oxygen atoms in total. The van der Waals surface area contributed by atoms with Gasteiger partial charge in [-0.2, -0.15) is 0 Å². The van der Waals surface area contributed by atoms with Gasteiger partial charge in [0.15, 0.2) is 12.3 Å². The van der Waals surface area contributed by atoms with Crippen molar-refractivity contribution >= 4 is 33.9 Å². The summed E-state index contributed by atoms with van der Waals surface area (Å²) in [6.45, 7) is 0. The number of benzene rings is 4. The van der Waals surface area contributed by atoms with Crippen LogP contribution in [-0.4, -0.2) is 56.0 Å². The standard InChI is InChI=1S/C30H26N8O4/c1-41-21-15-11-19(12-16-21)29(39)31-27(37-25-9-5-3-7-23(25)33-35-37)28(38-26-10-6-4-8-24(26)34-36-38)32-30(40)20-13-17-22(42-2)18-14-20/h3-18,27-28H,1-2H3,(H,31,39)(H,32,40). The molecule has 0 radical (unpaired) electrons. The molecular weight excluding hydrogens is 536 g/mol. The Balaban J connectivity index is 1.47. The van der Waals surface area contributed by atoms with Crippen LogP contribution in [0.1, 0.15) is 33.0 Å². The van der Waals surface area contributed by atoms with Crippen molar-refractivity contribution in [3.63, 3.8) is 0 Å². The number of hydrogen-bond acceptors (Lipinski definition) is 8. The highest BCUT2D eigenvalue weighted by Gasteiger charge is 2.33. The van der Waals surface area contributed by atoms with E-state index in [0.717, 1.165) is 0 Å². The minimum Gasteiger partial charge on any atom is -0.497 e. The molecule has 4 aromatic carbocycles. The van der Waals surface area contributed by atoms with Gasteiger partial charge in [-0.3, -0.25) is 9.59 Å². The van der Waals surface area contributed by atoms with Crippen LogP contribution in [0, 0.1) is 0 Å². The lowest BCUT2D eigenvalue weighted by Gasteiger charge is -2.29. The number of nitrogens with one attached hydrogen (secondary N) is 2. The highest BCUT2D eigenvalue weighted by Crippen LogP contribution is 2.26. The van der Waals surface area contributed by atoms with Gasteiger partial charge in [-0.15, -0.1) is 10.2 Å². The number of nitrogens with zero attached hydrogens (tertiary/aromatic N) is 6. The Morgan fingerprint density at radius 2 is 0.976 bits per heavy atom. The quantitative estimate of drug-likeness (QED) is 0.272. The van der Waals surface area contributed by atoms with Crippen molar-refractivity contribution < 1.29 is 19.1 Å². The second-order valence-electron chi connectivity index (χ2n) is 9.34. The Kier molecular flexibility index (Phi) is 7.16. The Hall–Kier alpha value is -5.78. The first kappa shape index (κ1) is 26.4. The topological polar surface area (TPSA) is 138 Å². The predicted octanol–water partition coefficient (Wildman–Crippen LogP) is 3.75. The van der Waals surface area contributed by atoms with Crippen molar-refractivity contribution in [2.24, 2.45) is 0 Å². The number of ether oxygens (including phenoxy) is 2. The number of rotatable bonds is 9. The van der Waals surface area contributed by atoms with Crippen molar-refractivity contribution in [1.29, 1.82) is 0 Å². The molecule has 2 amide bonds. The third-order valence-electron chi connectivity index (χ3n) is 6.84. The third kappa shape index (κ3) is 5.08. The molecule has 2 aromatic heterocycles. The van der Waals surface area contributed by atoms with E-state index in [0.29, 0.717) is 44.7 Å². The first-order valence-electron chi connectivity index (χ1n) is 13.1. The van der Waals surface area contributed by atoms with E-state index in [1.54, 1.807) is 72.1 Å². The summed E-state index contributed by atoms with van der Waals surface area (Å²) in [7, 11) is 3.11. The maximum absolute atomic E-state index is 13.7. The fourth-order valence-corrected chi connectivity index (χ4v) is 4.65. The van der Waals surface area contributed by atoms with Crippen LogP contribution in [0.25, 0.3) is 22.1 Å². The summed E-state index contributed by atoms with van der Waals surface area (Å²) in [5.74, 6) is 0.416. The third-order valence-corrected chi connectivity index (χ3v) is 6.84. The summed E-state index contributed by atoms with van der Waals surface area (Å²) < 4.78 is 13.6. The van der Waals surface area contributed by atoms with Gasteiger partial charge < -0.3 is 20.1 Å². The summed E-state index contributed by atoms with van der Waals surface area (Å²) in [6, 6.07) is 28.1. The fraction of sp³-hybridized carbons (Fsp3) is 0.133. The van der Waals surface area contributed by atoms with Crippen LogP contribution < -0.4 is 20.1 Å². The summed E-state index contributed by atoms with van der Waals surface area (Å²) in [6.07, 6.45) is -1.97. The van der Waals surface area contributed by atoms with Crippen molar-refractivity contribution in [3.8, 4) is 11.5 Å². The molecule has 210 valence electrons. The number of carbonyl (C=O) groups is 2.